The second-order valence-corrected chi connectivity index (χ2v) is 5.93. The van der Waals surface area contributed by atoms with Gasteiger partial charge in [-0.3, -0.25) is 4.79 Å². The molecule has 22 heavy (non-hydrogen) atoms. The van der Waals surface area contributed by atoms with Crippen molar-refractivity contribution in [3.63, 3.8) is 0 Å². The van der Waals surface area contributed by atoms with Crippen LogP contribution in [0.1, 0.15) is 24.1 Å². The molecule has 0 bridgehead atoms. The number of rotatable bonds is 6. The van der Waals surface area contributed by atoms with Gasteiger partial charge in [0.2, 0.25) is 5.91 Å². The fourth-order valence-electron chi connectivity index (χ4n) is 2.00. The summed E-state index contributed by atoms with van der Waals surface area (Å²) in [7, 11) is 0. The number of carbonyl (C=O) groups is 1. The predicted molar refractivity (Wildman–Crippen MR) is 91.2 cm³/mol. The molecule has 0 saturated heterocycles. The third-order valence-electron chi connectivity index (χ3n) is 3.32. The molecule has 0 spiro atoms. The van der Waals surface area contributed by atoms with Gasteiger partial charge in [0.1, 0.15) is 0 Å². The van der Waals surface area contributed by atoms with Crippen LogP contribution in [0.15, 0.2) is 48.5 Å². The van der Waals surface area contributed by atoms with E-state index in [1.54, 1.807) is 0 Å². The lowest BCUT2D eigenvalue weighted by atomic mass is 10.1. The smallest absolute Gasteiger partial charge is 0.234 e. The van der Waals surface area contributed by atoms with Crippen molar-refractivity contribution in [1.82, 2.24) is 10.6 Å². The molecule has 1 amide bonds. The van der Waals surface area contributed by atoms with Crippen molar-refractivity contribution in [2.75, 3.05) is 6.54 Å². The summed E-state index contributed by atoms with van der Waals surface area (Å²) >= 11 is 11.8. The van der Waals surface area contributed by atoms with E-state index in [-0.39, 0.29) is 18.5 Å². The Kier molecular flexibility index (Phi) is 6.25. The highest BCUT2D eigenvalue weighted by atomic mass is 35.5. The second-order valence-electron chi connectivity index (χ2n) is 5.06. The highest BCUT2D eigenvalue weighted by molar-refractivity contribution is 6.30. The van der Waals surface area contributed by atoms with Gasteiger partial charge >= 0.3 is 0 Å². The van der Waals surface area contributed by atoms with E-state index in [1.165, 1.54) is 0 Å². The Labute approximate surface area is 140 Å². The average molecular weight is 337 g/mol. The van der Waals surface area contributed by atoms with Gasteiger partial charge in [-0.1, -0.05) is 47.5 Å². The van der Waals surface area contributed by atoms with Crippen LogP contribution in [0.3, 0.4) is 0 Å². The number of nitrogens with one attached hydrogen (secondary N) is 2. The quantitative estimate of drug-likeness (QED) is 0.838. The maximum atomic E-state index is 11.9. The Morgan fingerprint density at radius 3 is 2.50 bits per heavy atom. The standard InChI is InChI=1S/C17H18Cl2N2O/c1-12(14-3-2-4-16(19)9-14)20-11-17(22)21-10-13-5-7-15(18)8-6-13/h2-9,12,20H,10-11H2,1H3,(H,21,22)/t12-/m0/s1. The highest BCUT2D eigenvalue weighted by Gasteiger charge is 2.08. The van der Waals surface area contributed by atoms with E-state index in [0.29, 0.717) is 16.6 Å². The normalized spacial score (nSPS) is 12.0. The molecule has 3 nitrogen and oxygen atoms in total. The van der Waals surface area contributed by atoms with Gasteiger partial charge < -0.3 is 10.6 Å². The number of amides is 1. The number of hydrogen-bond acceptors (Lipinski definition) is 2. The van der Waals surface area contributed by atoms with Crippen LogP contribution in [-0.4, -0.2) is 12.5 Å². The lowest BCUT2D eigenvalue weighted by molar-refractivity contribution is -0.120. The van der Waals surface area contributed by atoms with Crippen LogP contribution in [0.25, 0.3) is 0 Å². The minimum atomic E-state index is -0.0520. The van der Waals surface area contributed by atoms with Crippen LogP contribution in [0.2, 0.25) is 10.0 Å². The third kappa shape index (κ3) is 5.34. The first-order valence-corrected chi connectivity index (χ1v) is 7.80. The zero-order valence-electron chi connectivity index (χ0n) is 12.3. The molecule has 0 radical (unpaired) electrons. The molecule has 0 aliphatic rings. The minimum Gasteiger partial charge on any atom is -0.351 e. The number of benzene rings is 2. The van der Waals surface area contributed by atoms with Gasteiger partial charge in [0, 0.05) is 22.6 Å². The van der Waals surface area contributed by atoms with Gasteiger partial charge in [-0.15, -0.1) is 0 Å². The molecular weight excluding hydrogens is 319 g/mol. The first-order chi connectivity index (χ1) is 10.5. The van der Waals surface area contributed by atoms with Crippen molar-refractivity contribution in [1.29, 1.82) is 0 Å². The van der Waals surface area contributed by atoms with E-state index < -0.39 is 0 Å². The zero-order valence-corrected chi connectivity index (χ0v) is 13.8. The Balaban J connectivity index is 1.76. The Morgan fingerprint density at radius 1 is 1.09 bits per heavy atom. The van der Waals surface area contributed by atoms with Crippen LogP contribution in [0.4, 0.5) is 0 Å². The molecule has 1 atom stereocenters. The second kappa shape index (κ2) is 8.18. The van der Waals surface area contributed by atoms with Crippen molar-refractivity contribution in [3.8, 4) is 0 Å². The maximum absolute atomic E-state index is 11.9. The lowest BCUT2D eigenvalue weighted by Crippen LogP contribution is -2.34. The molecule has 2 aromatic carbocycles. The third-order valence-corrected chi connectivity index (χ3v) is 3.81. The molecule has 0 aliphatic carbocycles. The molecule has 2 aromatic rings. The van der Waals surface area contributed by atoms with Crippen LogP contribution in [0, 0.1) is 0 Å². The van der Waals surface area contributed by atoms with Gasteiger partial charge in [0.15, 0.2) is 0 Å². The summed E-state index contributed by atoms with van der Waals surface area (Å²) in [5.41, 5.74) is 2.07. The van der Waals surface area contributed by atoms with E-state index in [4.69, 9.17) is 23.2 Å². The summed E-state index contributed by atoms with van der Waals surface area (Å²) in [5.74, 6) is -0.0520. The summed E-state index contributed by atoms with van der Waals surface area (Å²) in [6.45, 7) is 2.74. The van der Waals surface area contributed by atoms with Gasteiger partial charge in [-0.25, -0.2) is 0 Å². The van der Waals surface area contributed by atoms with Crippen molar-refractivity contribution in [2.24, 2.45) is 0 Å². The molecule has 0 aliphatic heterocycles. The molecule has 0 unspecified atom stereocenters. The number of hydrogen-bond donors (Lipinski definition) is 2. The fraction of sp³-hybridized carbons (Fsp3) is 0.235. The largest absolute Gasteiger partial charge is 0.351 e. The molecule has 2 N–H and O–H groups in total. The van der Waals surface area contributed by atoms with Gasteiger partial charge in [0.05, 0.1) is 6.54 Å². The molecule has 0 saturated carbocycles. The van der Waals surface area contributed by atoms with Crippen molar-refractivity contribution in [3.05, 3.63) is 69.7 Å². The van der Waals surface area contributed by atoms with E-state index in [0.717, 1.165) is 11.1 Å². The topological polar surface area (TPSA) is 41.1 Å². The van der Waals surface area contributed by atoms with Gasteiger partial charge in [-0.05, 0) is 42.3 Å². The SMILES string of the molecule is C[C@H](NCC(=O)NCc1ccc(Cl)cc1)c1cccc(Cl)c1. The molecular formula is C17H18Cl2N2O. The average Bonchev–Trinajstić information content (AvgIpc) is 2.52. The van der Waals surface area contributed by atoms with E-state index >= 15 is 0 Å². The number of halogens is 2. The van der Waals surface area contributed by atoms with Crippen molar-refractivity contribution >= 4 is 29.1 Å². The van der Waals surface area contributed by atoms with Crippen molar-refractivity contribution < 1.29 is 4.79 Å². The first kappa shape index (κ1) is 16.8. The molecule has 0 aromatic heterocycles. The predicted octanol–water partition coefficient (Wildman–Crippen LogP) is 3.96. The van der Waals surface area contributed by atoms with E-state index in [9.17, 15) is 4.79 Å². The lowest BCUT2D eigenvalue weighted by Gasteiger charge is -2.14. The minimum absolute atomic E-state index is 0.0520. The van der Waals surface area contributed by atoms with Crippen LogP contribution in [0.5, 0.6) is 0 Å². The Bertz CT molecular complexity index is 629. The monoisotopic (exact) mass is 336 g/mol. The molecule has 5 heteroatoms. The van der Waals surface area contributed by atoms with E-state index in [2.05, 4.69) is 10.6 Å². The summed E-state index contributed by atoms with van der Waals surface area (Å²) in [5, 5.41) is 7.43. The fourth-order valence-corrected chi connectivity index (χ4v) is 2.33. The van der Waals surface area contributed by atoms with Crippen LogP contribution in [-0.2, 0) is 11.3 Å². The van der Waals surface area contributed by atoms with Crippen molar-refractivity contribution in [2.45, 2.75) is 19.5 Å². The van der Waals surface area contributed by atoms with Crippen LogP contribution >= 0.6 is 23.2 Å². The Hall–Kier alpha value is -1.55. The molecule has 0 fully saturated rings. The Morgan fingerprint density at radius 2 is 1.82 bits per heavy atom. The maximum Gasteiger partial charge on any atom is 0.234 e. The summed E-state index contributed by atoms with van der Waals surface area (Å²) < 4.78 is 0. The molecule has 116 valence electrons. The molecule has 2 rings (SSSR count). The summed E-state index contributed by atoms with van der Waals surface area (Å²) in [6, 6.07) is 15.1. The summed E-state index contributed by atoms with van der Waals surface area (Å²) in [4.78, 5) is 11.9. The van der Waals surface area contributed by atoms with Gasteiger partial charge in [0.25, 0.3) is 0 Å². The highest BCUT2D eigenvalue weighted by Crippen LogP contribution is 2.17. The summed E-state index contributed by atoms with van der Waals surface area (Å²) in [6.07, 6.45) is 0. The van der Waals surface area contributed by atoms with Crippen LogP contribution < -0.4 is 10.6 Å². The first-order valence-electron chi connectivity index (χ1n) is 7.04. The van der Waals surface area contributed by atoms with E-state index in [1.807, 2.05) is 55.5 Å². The molecule has 0 heterocycles. The van der Waals surface area contributed by atoms with Gasteiger partial charge in [-0.2, -0.15) is 0 Å². The number of carbonyl (C=O) groups excluding carboxylic acids is 1. The zero-order chi connectivity index (χ0) is 15.9.